The van der Waals surface area contributed by atoms with E-state index in [4.69, 9.17) is 14.2 Å². The van der Waals surface area contributed by atoms with Crippen molar-refractivity contribution in [2.75, 3.05) is 13.2 Å². The van der Waals surface area contributed by atoms with Crippen LogP contribution in [0.25, 0.3) is 0 Å². The van der Waals surface area contributed by atoms with Gasteiger partial charge in [-0.15, -0.1) is 0 Å². The third kappa shape index (κ3) is 46.9. The fraction of sp³-hybridized carbons (Fsp3) is 0.806. The molecule has 1 amide bonds. The standard InChI is InChI=1S/C72H129NO10/c1-4-7-10-13-16-19-22-24-26-28-30-32-33-34-36-38-40-42-45-48-51-54-57-60-67(77)83-70-69(79)68(78)66(61-74)82-72(70)81-62-63(64(75)58-55-52-49-46-43-21-18-15-12-9-6-3)73-71(80)65(76)59-56-53-50-47-44-41-39-37-35-31-29-27-25-23-20-17-14-11-8-5-2/h17,20,24-27,31,35,39,41,55,58,63-66,68-70,72,74-76,78-79H,4-16,18-19,21-23,28-30,32-34,36-38,40,42-54,56-57,59-62H2,1-3H3,(H,73,80)/b20-17-,26-24+,27-25-,35-31-,41-39-,58-55+. The Morgan fingerprint density at radius 3 is 1.28 bits per heavy atom. The van der Waals surface area contributed by atoms with Crippen LogP contribution in [-0.4, -0.2) is 99.6 Å². The number of hydrogen-bond acceptors (Lipinski definition) is 10. The van der Waals surface area contributed by atoms with Crippen LogP contribution in [0.5, 0.6) is 0 Å². The van der Waals surface area contributed by atoms with Gasteiger partial charge in [-0.3, -0.25) is 9.59 Å². The Balaban J connectivity index is 2.59. The van der Waals surface area contributed by atoms with Gasteiger partial charge in [-0.1, -0.05) is 280 Å². The first-order valence-electron chi connectivity index (χ1n) is 34.7. The van der Waals surface area contributed by atoms with Gasteiger partial charge in [-0.2, -0.15) is 0 Å². The molecule has 11 nitrogen and oxygen atoms in total. The number of aliphatic hydroxyl groups is 5. The molecule has 8 unspecified atom stereocenters. The van der Waals surface area contributed by atoms with Crippen molar-refractivity contribution in [2.24, 2.45) is 0 Å². The van der Waals surface area contributed by atoms with Gasteiger partial charge in [0.25, 0.3) is 0 Å². The van der Waals surface area contributed by atoms with E-state index in [1.807, 2.05) is 6.08 Å². The number of carbonyl (C=O) groups excluding carboxylic acids is 2. The number of ether oxygens (including phenoxy) is 3. The first kappa shape index (κ1) is 78.1. The van der Waals surface area contributed by atoms with E-state index in [0.29, 0.717) is 12.8 Å². The lowest BCUT2D eigenvalue weighted by Crippen LogP contribution is -2.61. The van der Waals surface area contributed by atoms with E-state index < -0.39 is 67.4 Å². The smallest absolute Gasteiger partial charge is 0.306 e. The molecule has 1 heterocycles. The number of amides is 1. The van der Waals surface area contributed by atoms with E-state index in [9.17, 15) is 35.1 Å². The molecule has 0 radical (unpaired) electrons. The number of allylic oxidation sites excluding steroid dienone is 11. The van der Waals surface area contributed by atoms with Crippen molar-refractivity contribution in [1.82, 2.24) is 5.32 Å². The third-order valence-electron chi connectivity index (χ3n) is 16.1. The molecule has 1 rings (SSSR count). The molecule has 1 aliphatic heterocycles. The minimum Gasteiger partial charge on any atom is -0.454 e. The van der Waals surface area contributed by atoms with Crippen molar-refractivity contribution in [3.05, 3.63) is 72.9 Å². The van der Waals surface area contributed by atoms with Gasteiger partial charge in [0.1, 0.15) is 24.4 Å². The number of rotatable bonds is 59. The van der Waals surface area contributed by atoms with Crippen molar-refractivity contribution in [2.45, 2.75) is 359 Å². The predicted molar refractivity (Wildman–Crippen MR) is 347 cm³/mol. The van der Waals surface area contributed by atoms with Gasteiger partial charge < -0.3 is 45.1 Å². The maximum absolute atomic E-state index is 13.4. The largest absolute Gasteiger partial charge is 0.454 e. The topological polar surface area (TPSA) is 175 Å². The van der Waals surface area contributed by atoms with Gasteiger partial charge in [0.15, 0.2) is 12.4 Å². The summed E-state index contributed by atoms with van der Waals surface area (Å²) in [4.78, 5) is 26.6. The second-order valence-electron chi connectivity index (χ2n) is 23.9. The van der Waals surface area contributed by atoms with Crippen LogP contribution < -0.4 is 5.32 Å². The zero-order valence-electron chi connectivity index (χ0n) is 53.6. The monoisotopic (exact) mass is 1170 g/mol. The highest BCUT2D eigenvalue weighted by Gasteiger charge is 2.47. The van der Waals surface area contributed by atoms with Gasteiger partial charge in [-0.25, -0.2) is 0 Å². The number of hydrogen-bond donors (Lipinski definition) is 6. The van der Waals surface area contributed by atoms with Gasteiger partial charge in [0.2, 0.25) is 5.91 Å². The maximum atomic E-state index is 13.4. The first-order valence-corrected chi connectivity index (χ1v) is 34.7. The van der Waals surface area contributed by atoms with E-state index in [2.05, 4.69) is 86.8 Å². The van der Waals surface area contributed by atoms with Crippen LogP contribution in [0, 0.1) is 0 Å². The van der Waals surface area contributed by atoms with Crippen molar-refractivity contribution < 1.29 is 49.3 Å². The van der Waals surface area contributed by atoms with E-state index >= 15 is 0 Å². The number of nitrogens with one attached hydrogen (secondary N) is 1. The molecule has 0 bridgehead atoms. The lowest BCUT2D eigenvalue weighted by Gasteiger charge is -2.41. The van der Waals surface area contributed by atoms with Crippen LogP contribution in [0.3, 0.4) is 0 Å². The Morgan fingerprint density at radius 1 is 0.470 bits per heavy atom. The molecule has 0 aromatic carbocycles. The lowest BCUT2D eigenvalue weighted by molar-refractivity contribution is -0.305. The molecule has 1 fully saturated rings. The minimum atomic E-state index is -1.62. The summed E-state index contributed by atoms with van der Waals surface area (Å²) in [6.07, 6.45) is 66.6. The van der Waals surface area contributed by atoms with Gasteiger partial charge in [0, 0.05) is 6.42 Å². The molecule has 83 heavy (non-hydrogen) atoms. The molecular weight excluding hydrogens is 1040 g/mol. The predicted octanol–water partition coefficient (Wildman–Crippen LogP) is 17.5. The van der Waals surface area contributed by atoms with Crippen LogP contribution in [-0.2, 0) is 23.8 Å². The van der Waals surface area contributed by atoms with Crippen LogP contribution >= 0.6 is 0 Å². The maximum Gasteiger partial charge on any atom is 0.306 e. The van der Waals surface area contributed by atoms with Crippen LogP contribution in [0.1, 0.15) is 310 Å². The summed E-state index contributed by atoms with van der Waals surface area (Å²) in [5.41, 5.74) is 0. The van der Waals surface area contributed by atoms with Crippen LogP contribution in [0.15, 0.2) is 72.9 Å². The molecule has 6 N–H and O–H groups in total. The summed E-state index contributed by atoms with van der Waals surface area (Å²) < 4.78 is 17.7. The van der Waals surface area contributed by atoms with Crippen molar-refractivity contribution in [1.29, 1.82) is 0 Å². The second kappa shape index (κ2) is 59.4. The second-order valence-corrected chi connectivity index (χ2v) is 23.9. The normalized spacial score (nSPS) is 19.0. The molecule has 0 aliphatic carbocycles. The highest BCUT2D eigenvalue weighted by Crippen LogP contribution is 2.26. The zero-order chi connectivity index (χ0) is 60.3. The van der Waals surface area contributed by atoms with E-state index in [-0.39, 0.29) is 19.4 Å². The zero-order valence-corrected chi connectivity index (χ0v) is 53.6. The van der Waals surface area contributed by atoms with Crippen LogP contribution in [0.4, 0.5) is 0 Å². The molecule has 1 saturated heterocycles. The molecular formula is C72H129NO10. The molecule has 0 aromatic rings. The Kier molecular flexibility index (Phi) is 55.9. The fourth-order valence-corrected chi connectivity index (χ4v) is 10.6. The quantitative estimate of drug-likeness (QED) is 0.0195. The minimum absolute atomic E-state index is 0.120. The average Bonchev–Trinajstić information content (AvgIpc) is 3.61. The van der Waals surface area contributed by atoms with Gasteiger partial charge in [-0.05, 0) is 96.3 Å². The van der Waals surface area contributed by atoms with Crippen molar-refractivity contribution in [3.8, 4) is 0 Å². The first-order chi connectivity index (χ1) is 40.7. The number of carbonyl (C=O) groups is 2. The van der Waals surface area contributed by atoms with E-state index in [0.717, 1.165) is 83.5 Å². The molecule has 0 spiro atoms. The Bertz CT molecular complexity index is 1630. The average molecular weight is 1170 g/mol. The van der Waals surface area contributed by atoms with Gasteiger partial charge in [0.05, 0.1) is 25.4 Å². The molecule has 8 atom stereocenters. The SMILES string of the molecule is CCCCC/C=C\C/C=C\C/C=C\C/C=C\CCCCCCC(O)C(=O)NC(COC1OC(CO)C(O)C(O)C1OC(=O)CCCCCCCCCCCCCCC/C=C/CCCCCCCC)C(O)/C=C/CCCCCCCCCCC. The summed E-state index contributed by atoms with van der Waals surface area (Å²) in [5.74, 6) is -1.21. The van der Waals surface area contributed by atoms with Gasteiger partial charge >= 0.3 is 5.97 Å². The molecule has 0 aromatic heterocycles. The number of esters is 1. The summed E-state index contributed by atoms with van der Waals surface area (Å²) in [7, 11) is 0. The fourth-order valence-electron chi connectivity index (χ4n) is 10.6. The Morgan fingerprint density at radius 2 is 0.831 bits per heavy atom. The summed E-state index contributed by atoms with van der Waals surface area (Å²) in [6, 6.07) is -1.04. The highest BCUT2D eigenvalue weighted by atomic mass is 16.7. The Labute approximate surface area is 509 Å². The molecule has 0 saturated carbocycles. The summed E-state index contributed by atoms with van der Waals surface area (Å²) in [5, 5.41) is 57.1. The number of aliphatic hydroxyl groups excluding tert-OH is 5. The lowest BCUT2D eigenvalue weighted by atomic mass is 9.99. The molecule has 11 heteroatoms. The Hall–Kier alpha value is -2.90. The van der Waals surface area contributed by atoms with Crippen molar-refractivity contribution >= 4 is 11.9 Å². The molecule has 482 valence electrons. The van der Waals surface area contributed by atoms with E-state index in [1.54, 1.807) is 6.08 Å². The highest BCUT2D eigenvalue weighted by molar-refractivity contribution is 5.80. The van der Waals surface area contributed by atoms with Crippen LogP contribution in [0.2, 0.25) is 0 Å². The summed E-state index contributed by atoms with van der Waals surface area (Å²) >= 11 is 0. The number of unbranched alkanes of at least 4 members (excludes halogenated alkanes) is 35. The molecule has 1 aliphatic rings. The van der Waals surface area contributed by atoms with E-state index in [1.165, 1.54) is 180 Å². The van der Waals surface area contributed by atoms with Crippen molar-refractivity contribution in [3.63, 3.8) is 0 Å². The third-order valence-corrected chi connectivity index (χ3v) is 16.1. The summed E-state index contributed by atoms with van der Waals surface area (Å²) in [6.45, 7) is 5.76.